The molecule has 0 radical (unpaired) electrons. The monoisotopic (exact) mass is 792 g/mol. The van der Waals surface area contributed by atoms with E-state index in [9.17, 15) is 39.9 Å². The standard InChI is InChI=1S/C42H64O14/c1-37(2)13-14-39(5)15-16-41(7)21(22(39)18-37)17-23(45)32-40(6)11-10-25(38(3,4)24(40)9-12-42(32,41)8)53-36-31(27(47)30(50)34(56-36)52-20-44)54-35-29(49)26(46)28(48)33(55-35)51-19-43/h17,19-20,22,24-36,46-50H,9-16,18H2,1-8H3/t22-,24-,25-,26-,27-,28-,29?,30-,31?,32?,33?,34?,35+,36-,39+,40-,41+,42+/m0/s1. The van der Waals surface area contributed by atoms with E-state index in [1.165, 1.54) is 18.4 Å². The van der Waals surface area contributed by atoms with Gasteiger partial charge in [-0.3, -0.25) is 14.4 Å². The lowest BCUT2D eigenvalue weighted by Crippen LogP contribution is -2.67. The topological polar surface area (TPSA) is 208 Å². The largest absolute Gasteiger partial charge is 0.435 e. The quantitative estimate of drug-likeness (QED) is 0.177. The van der Waals surface area contributed by atoms with Gasteiger partial charge in [-0.15, -0.1) is 0 Å². The fourth-order valence-corrected chi connectivity index (χ4v) is 13.2. The first kappa shape index (κ1) is 42.1. The molecule has 56 heavy (non-hydrogen) atoms. The highest BCUT2D eigenvalue weighted by Crippen LogP contribution is 2.75. The average molecular weight is 793 g/mol. The molecule has 4 saturated carbocycles. The van der Waals surface area contributed by atoms with Gasteiger partial charge in [-0.1, -0.05) is 61.0 Å². The zero-order valence-corrected chi connectivity index (χ0v) is 34.1. The summed E-state index contributed by atoms with van der Waals surface area (Å²) >= 11 is 0. The molecule has 7 aliphatic rings. The highest BCUT2D eigenvalue weighted by molar-refractivity contribution is 5.95. The Labute approximate surface area is 329 Å². The third kappa shape index (κ3) is 6.34. The van der Waals surface area contributed by atoms with Crippen molar-refractivity contribution in [2.24, 2.45) is 50.2 Å². The summed E-state index contributed by atoms with van der Waals surface area (Å²) in [4.78, 5) is 37.3. The van der Waals surface area contributed by atoms with Gasteiger partial charge in [-0.05, 0) is 108 Å². The van der Waals surface area contributed by atoms with E-state index in [0.717, 1.165) is 32.1 Å². The molecule has 0 aromatic heterocycles. The number of fused-ring (bicyclic) bond motifs is 7. The number of allylic oxidation sites excluding steroid dienone is 2. The normalized spacial score (nSPS) is 52.2. The van der Waals surface area contributed by atoms with Crippen molar-refractivity contribution in [2.45, 2.75) is 181 Å². The molecule has 316 valence electrons. The first-order valence-electron chi connectivity index (χ1n) is 20.5. The minimum atomic E-state index is -1.87. The number of hydrogen-bond donors (Lipinski definition) is 5. The molecule has 0 aromatic rings. The van der Waals surface area contributed by atoms with Crippen molar-refractivity contribution < 1.29 is 68.3 Å². The number of carbonyl (C=O) groups is 3. The van der Waals surface area contributed by atoms with Crippen LogP contribution in [0.2, 0.25) is 0 Å². The molecule has 18 atom stereocenters. The van der Waals surface area contributed by atoms with Gasteiger partial charge in [-0.2, -0.15) is 0 Å². The second-order valence-corrected chi connectivity index (χ2v) is 20.6. The number of ketones is 1. The smallest absolute Gasteiger partial charge is 0.295 e. The molecule has 5 unspecified atom stereocenters. The SMILES string of the molecule is CC1(C)CC[C@]2(C)CC[C@]3(C)C(=CC(=O)C4[C@@]5(C)CC[C@H](O[C@H]6OC(OC=O)[C@@H](O)[C@H](O)C6O[C@@H]6OC(OC=O)[C@@H](O)[C@H](O)C6O)C(C)(C)[C@@H]5CC[C@]43C)[C@@H]2C1. The zero-order valence-electron chi connectivity index (χ0n) is 34.1. The molecule has 14 heteroatoms. The summed E-state index contributed by atoms with van der Waals surface area (Å²) in [5, 5.41) is 53.6. The van der Waals surface area contributed by atoms with Crippen molar-refractivity contribution in [3.63, 3.8) is 0 Å². The van der Waals surface area contributed by atoms with E-state index in [-0.39, 0.29) is 57.6 Å². The van der Waals surface area contributed by atoms with Gasteiger partial charge < -0.3 is 54.0 Å². The van der Waals surface area contributed by atoms with Crippen molar-refractivity contribution in [2.75, 3.05) is 0 Å². The maximum atomic E-state index is 14.8. The average Bonchev–Trinajstić information content (AvgIpc) is 3.12. The maximum Gasteiger partial charge on any atom is 0.295 e. The van der Waals surface area contributed by atoms with E-state index in [1.54, 1.807) is 0 Å². The minimum Gasteiger partial charge on any atom is -0.435 e. The summed E-state index contributed by atoms with van der Waals surface area (Å²) in [5.41, 5.74) is 0.559. The second kappa shape index (κ2) is 14.3. The summed E-state index contributed by atoms with van der Waals surface area (Å²) in [6, 6.07) is 0. The van der Waals surface area contributed by atoms with Crippen LogP contribution in [0.25, 0.3) is 0 Å². The van der Waals surface area contributed by atoms with Crippen LogP contribution in [0.4, 0.5) is 0 Å². The highest BCUT2D eigenvalue weighted by Gasteiger charge is 2.70. The molecule has 5 aliphatic carbocycles. The summed E-state index contributed by atoms with van der Waals surface area (Å²) in [5.74, 6) is 0.474. The molecular formula is C42H64O14. The van der Waals surface area contributed by atoms with Crippen LogP contribution in [0.15, 0.2) is 11.6 Å². The Balaban J connectivity index is 1.16. The van der Waals surface area contributed by atoms with Crippen LogP contribution in [0.5, 0.6) is 0 Å². The van der Waals surface area contributed by atoms with Crippen LogP contribution in [-0.4, -0.2) is 112 Å². The van der Waals surface area contributed by atoms with E-state index >= 15 is 0 Å². The second-order valence-electron chi connectivity index (χ2n) is 20.6. The van der Waals surface area contributed by atoms with Gasteiger partial charge in [0, 0.05) is 5.92 Å². The van der Waals surface area contributed by atoms with Crippen molar-refractivity contribution in [1.82, 2.24) is 0 Å². The van der Waals surface area contributed by atoms with Crippen LogP contribution in [0.3, 0.4) is 0 Å². The van der Waals surface area contributed by atoms with Crippen molar-refractivity contribution in [1.29, 1.82) is 0 Å². The Kier molecular flexibility index (Phi) is 10.8. The molecule has 0 spiro atoms. The van der Waals surface area contributed by atoms with Gasteiger partial charge in [0.25, 0.3) is 12.9 Å². The fraction of sp³-hybridized carbons (Fsp3) is 0.881. The van der Waals surface area contributed by atoms with Gasteiger partial charge in [-0.25, -0.2) is 0 Å². The van der Waals surface area contributed by atoms with Crippen molar-refractivity contribution >= 4 is 18.7 Å². The first-order valence-corrected chi connectivity index (χ1v) is 20.5. The summed E-state index contributed by atoms with van der Waals surface area (Å²) < 4.78 is 33.7. The van der Waals surface area contributed by atoms with E-state index in [4.69, 9.17) is 28.4 Å². The van der Waals surface area contributed by atoms with Crippen molar-refractivity contribution in [3.8, 4) is 0 Å². The zero-order chi connectivity index (χ0) is 41.0. The maximum absolute atomic E-state index is 14.8. The van der Waals surface area contributed by atoms with Crippen LogP contribution in [-0.2, 0) is 42.8 Å². The molecule has 2 heterocycles. The lowest BCUT2D eigenvalue weighted by atomic mass is 9.33. The number of carbonyl (C=O) groups excluding carboxylic acids is 3. The first-order chi connectivity index (χ1) is 26.1. The van der Waals surface area contributed by atoms with E-state index < -0.39 is 73.3 Å². The van der Waals surface area contributed by atoms with Gasteiger partial charge in [0.1, 0.15) is 36.6 Å². The van der Waals surface area contributed by atoms with E-state index in [2.05, 4.69) is 61.5 Å². The lowest BCUT2D eigenvalue weighted by molar-refractivity contribution is -0.404. The van der Waals surface area contributed by atoms with Crippen LogP contribution >= 0.6 is 0 Å². The molecule has 5 N–H and O–H groups in total. The Morgan fingerprint density at radius 1 is 0.679 bits per heavy atom. The van der Waals surface area contributed by atoms with Gasteiger partial charge in [0.05, 0.1) is 6.10 Å². The predicted octanol–water partition coefficient (Wildman–Crippen LogP) is 3.27. The Hall–Kier alpha value is -2.01. The van der Waals surface area contributed by atoms with Gasteiger partial charge in [0.15, 0.2) is 18.4 Å². The summed E-state index contributed by atoms with van der Waals surface area (Å²) in [6.07, 6.45) is -7.20. The molecular weight excluding hydrogens is 728 g/mol. The van der Waals surface area contributed by atoms with E-state index in [0.29, 0.717) is 18.8 Å². The molecule has 0 bridgehead atoms. The molecule has 2 saturated heterocycles. The molecule has 2 aliphatic heterocycles. The third-order valence-corrected chi connectivity index (χ3v) is 16.7. The van der Waals surface area contributed by atoms with E-state index in [1.807, 2.05) is 0 Å². The molecule has 6 fully saturated rings. The van der Waals surface area contributed by atoms with Crippen LogP contribution < -0.4 is 0 Å². The molecule has 14 nitrogen and oxygen atoms in total. The summed E-state index contributed by atoms with van der Waals surface area (Å²) in [7, 11) is 0. The van der Waals surface area contributed by atoms with Crippen molar-refractivity contribution in [3.05, 3.63) is 11.6 Å². The molecule has 0 amide bonds. The predicted molar refractivity (Wildman–Crippen MR) is 197 cm³/mol. The fourth-order valence-electron chi connectivity index (χ4n) is 13.2. The number of hydrogen-bond acceptors (Lipinski definition) is 14. The third-order valence-electron chi connectivity index (χ3n) is 16.7. The van der Waals surface area contributed by atoms with Gasteiger partial charge in [0.2, 0.25) is 12.6 Å². The van der Waals surface area contributed by atoms with Crippen LogP contribution in [0, 0.1) is 50.2 Å². The number of aliphatic hydroxyl groups excluding tert-OH is 5. The Bertz CT molecular complexity index is 1560. The minimum absolute atomic E-state index is 0.00377. The molecule has 7 rings (SSSR count). The lowest BCUT2D eigenvalue weighted by Gasteiger charge is -2.70. The number of rotatable bonds is 8. The van der Waals surface area contributed by atoms with Crippen LogP contribution in [0.1, 0.15) is 113 Å². The Morgan fingerprint density at radius 2 is 1.27 bits per heavy atom. The Morgan fingerprint density at radius 3 is 1.91 bits per heavy atom. The summed E-state index contributed by atoms with van der Waals surface area (Å²) in [6.45, 7) is 18.6. The highest BCUT2D eigenvalue weighted by atomic mass is 16.8. The number of aliphatic hydroxyl groups is 5. The molecule has 0 aromatic carbocycles. The number of ether oxygens (including phenoxy) is 6. The van der Waals surface area contributed by atoms with Gasteiger partial charge >= 0.3 is 0 Å².